The lowest BCUT2D eigenvalue weighted by atomic mass is 9.77. The number of carbonyl (C=O) groups is 1. The summed E-state index contributed by atoms with van der Waals surface area (Å²) < 4.78 is 5.70. The quantitative estimate of drug-likeness (QED) is 0.707. The maximum absolute atomic E-state index is 12.5. The van der Waals surface area contributed by atoms with Gasteiger partial charge in [-0.15, -0.1) is 0 Å². The van der Waals surface area contributed by atoms with Gasteiger partial charge in [0.2, 0.25) is 0 Å². The van der Waals surface area contributed by atoms with Crippen LogP contribution in [0, 0.1) is 17.8 Å². The van der Waals surface area contributed by atoms with Gasteiger partial charge in [-0.2, -0.15) is 0 Å². The largest absolute Gasteiger partial charge is 0.370 e. The Morgan fingerprint density at radius 3 is 2.59 bits per heavy atom. The molecule has 0 N–H and O–H groups in total. The molecule has 2 nitrogen and oxygen atoms in total. The molecule has 0 amide bonds. The molecular weight excluding hydrogens is 212 g/mol. The number of ketones is 1. The van der Waals surface area contributed by atoms with Crippen LogP contribution in [0.2, 0.25) is 0 Å². The van der Waals surface area contributed by atoms with E-state index >= 15 is 0 Å². The van der Waals surface area contributed by atoms with Crippen molar-refractivity contribution in [2.75, 3.05) is 6.61 Å². The molecule has 0 aliphatic heterocycles. The summed E-state index contributed by atoms with van der Waals surface area (Å²) in [6.07, 6.45) is 8.33. The summed E-state index contributed by atoms with van der Waals surface area (Å²) in [5, 5.41) is 0. The Hall–Kier alpha value is -0.370. The molecule has 2 saturated carbocycles. The lowest BCUT2D eigenvalue weighted by molar-refractivity contribution is -0.137. The predicted octanol–water partition coefficient (Wildman–Crippen LogP) is 3.59. The number of hydrogen-bond acceptors (Lipinski definition) is 2. The van der Waals surface area contributed by atoms with E-state index in [4.69, 9.17) is 4.74 Å². The molecule has 2 heteroatoms. The number of Topliss-reactive ketones (excluding diaryl/α,β-unsaturated/α-hetero) is 1. The van der Waals surface area contributed by atoms with Gasteiger partial charge in [-0.3, -0.25) is 4.79 Å². The average molecular weight is 238 g/mol. The molecule has 2 rings (SSSR count). The Bertz CT molecular complexity index is 258. The Labute approximate surface area is 105 Å². The van der Waals surface area contributed by atoms with Crippen LogP contribution >= 0.6 is 0 Å². The Morgan fingerprint density at radius 2 is 2.00 bits per heavy atom. The Morgan fingerprint density at radius 1 is 1.24 bits per heavy atom. The third kappa shape index (κ3) is 3.31. The maximum Gasteiger partial charge on any atom is 0.164 e. The van der Waals surface area contributed by atoms with Crippen LogP contribution in [0.4, 0.5) is 0 Å². The second-order valence-electron chi connectivity index (χ2n) is 5.75. The molecule has 0 heterocycles. The van der Waals surface area contributed by atoms with Crippen LogP contribution in [0.3, 0.4) is 0 Å². The number of hydrogen-bond donors (Lipinski definition) is 0. The molecule has 0 saturated heterocycles. The first-order valence-corrected chi connectivity index (χ1v) is 7.41. The minimum absolute atomic E-state index is 0.0689. The highest BCUT2D eigenvalue weighted by Gasteiger charge is 2.40. The molecule has 98 valence electrons. The molecule has 3 atom stereocenters. The number of rotatable bonds is 6. The summed E-state index contributed by atoms with van der Waals surface area (Å²) in [6.45, 7) is 4.92. The van der Waals surface area contributed by atoms with Gasteiger partial charge in [0.15, 0.2) is 5.78 Å². The Balaban J connectivity index is 1.92. The van der Waals surface area contributed by atoms with Gasteiger partial charge < -0.3 is 4.74 Å². The molecule has 2 aliphatic carbocycles. The van der Waals surface area contributed by atoms with Crippen molar-refractivity contribution in [3.8, 4) is 0 Å². The summed E-state index contributed by atoms with van der Waals surface area (Å²) in [7, 11) is 0. The average Bonchev–Trinajstić information content (AvgIpc) is 3.19. The second-order valence-corrected chi connectivity index (χ2v) is 5.75. The summed E-state index contributed by atoms with van der Waals surface area (Å²) in [4.78, 5) is 12.5. The van der Waals surface area contributed by atoms with E-state index in [1.807, 2.05) is 6.92 Å². The smallest absolute Gasteiger partial charge is 0.164 e. The van der Waals surface area contributed by atoms with Crippen LogP contribution in [0.15, 0.2) is 0 Å². The van der Waals surface area contributed by atoms with E-state index in [1.165, 1.54) is 32.1 Å². The topological polar surface area (TPSA) is 26.3 Å². The van der Waals surface area contributed by atoms with Crippen molar-refractivity contribution in [3.05, 3.63) is 0 Å². The second kappa shape index (κ2) is 5.99. The van der Waals surface area contributed by atoms with E-state index in [1.54, 1.807) is 0 Å². The van der Waals surface area contributed by atoms with E-state index in [-0.39, 0.29) is 6.10 Å². The van der Waals surface area contributed by atoms with Crippen molar-refractivity contribution in [2.24, 2.45) is 17.8 Å². The third-order valence-electron chi connectivity index (χ3n) is 4.44. The van der Waals surface area contributed by atoms with Gasteiger partial charge in [-0.1, -0.05) is 26.2 Å². The SMILES string of the molecule is CCOC(C(=O)C1CCCC(CC)C1)C1CC1. The monoisotopic (exact) mass is 238 g/mol. The highest BCUT2D eigenvalue weighted by Crippen LogP contribution is 2.39. The lowest BCUT2D eigenvalue weighted by Crippen LogP contribution is -2.35. The minimum Gasteiger partial charge on any atom is -0.370 e. The van der Waals surface area contributed by atoms with Crippen LogP contribution < -0.4 is 0 Å². The van der Waals surface area contributed by atoms with Gasteiger partial charge >= 0.3 is 0 Å². The minimum atomic E-state index is -0.0689. The van der Waals surface area contributed by atoms with Gasteiger partial charge in [-0.25, -0.2) is 0 Å². The Kier molecular flexibility index (Phi) is 4.61. The zero-order chi connectivity index (χ0) is 12.3. The first-order valence-electron chi connectivity index (χ1n) is 7.41. The molecule has 0 bridgehead atoms. The fraction of sp³-hybridized carbons (Fsp3) is 0.933. The van der Waals surface area contributed by atoms with Crippen molar-refractivity contribution in [1.82, 2.24) is 0 Å². The normalized spacial score (nSPS) is 31.2. The van der Waals surface area contributed by atoms with E-state index in [0.717, 1.165) is 18.8 Å². The van der Waals surface area contributed by atoms with Gasteiger partial charge in [0.25, 0.3) is 0 Å². The van der Waals surface area contributed by atoms with Gasteiger partial charge in [0.1, 0.15) is 6.10 Å². The molecule has 3 unspecified atom stereocenters. The summed E-state index contributed by atoms with van der Waals surface area (Å²) in [5.41, 5.74) is 0. The van der Waals surface area contributed by atoms with E-state index in [0.29, 0.717) is 24.2 Å². The zero-order valence-electron chi connectivity index (χ0n) is 11.3. The number of ether oxygens (including phenoxy) is 1. The predicted molar refractivity (Wildman–Crippen MR) is 68.9 cm³/mol. The first kappa shape index (κ1) is 13.1. The van der Waals surface area contributed by atoms with Crippen molar-refractivity contribution in [3.63, 3.8) is 0 Å². The molecule has 2 fully saturated rings. The van der Waals surface area contributed by atoms with Gasteiger partial charge in [-0.05, 0) is 44.4 Å². The van der Waals surface area contributed by atoms with Crippen LogP contribution in [-0.4, -0.2) is 18.5 Å². The molecule has 2 aliphatic rings. The molecule has 0 aromatic rings. The maximum atomic E-state index is 12.5. The van der Waals surface area contributed by atoms with Crippen LogP contribution in [0.5, 0.6) is 0 Å². The van der Waals surface area contributed by atoms with Crippen LogP contribution in [0.1, 0.15) is 58.8 Å². The third-order valence-corrected chi connectivity index (χ3v) is 4.44. The molecule has 17 heavy (non-hydrogen) atoms. The molecule has 0 spiro atoms. The fourth-order valence-electron chi connectivity index (χ4n) is 3.18. The number of carbonyl (C=O) groups excluding carboxylic acids is 1. The van der Waals surface area contributed by atoms with E-state index < -0.39 is 0 Å². The highest BCUT2D eigenvalue weighted by atomic mass is 16.5. The summed E-state index contributed by atoms with van der Waals surface area (Å²) in [6, 6.07) is 0. The van der Waals surface area contributed by atoms with E-state index in [2.05, 4.69) is 6.92 Å². The highest BCUT2D eigenvalue weighted by molar-refractivity contribution is 5.86. The standard InChI is InChI=1S/C15H26O2/c1-3-11-6-5-7-13(10-11)14(16)15(17-4-2)12-8-9-12/h11-13,15H,3-10H2,1-2H3. The molecule has 0 aromatic carbocycles. The molecule has 0 aromatic heterocycles. The van der Waals surface area contributed by atoms with Crippen molar-refractivity contribution < 1.29 is 9.53 Å². The van der Waals surface area contributed by atoms with Crippen molar-refractivity contribution in [1.29, 1.82) is 0 Å². The van der Waals surface area contributed by atoms with Gasteiger partial charge in [0.05, 0.1) is 0 Å². The summed E-state index contributed by atoms with van der Waals surface area (Å²) >= 11 is 0. The van der Waals surface area contributed by atoms with Crippen LogP contribution in [-0.2, 0) is 9.53 Å². The molecule has 0 radical (unpaired) electrons. The fourth-order valence-corrected chi connectivity index (χ4v) is 3.18. The van der Waals surface area contributed by atoms with Crippen LogP contribution in [0.25, 0.3) is 0 Å². The zero-order valence-corrected chi connectivity index (χ0v) is 11.3. The first-order chi connectivity index (χ1) is 8.26. The van der Waals surface area contributed by atoms with Crippen molar-refractivity contribution >= 4 is 5.78 Å². The van der Waals surface area contributed by atoms with Crippen molar-refractivity contribution in [2.45, 2.75) is 64.9 Å². The van der Waals surface area contributed by atoms with Gasteiger partial charge in [0, 0.05) is 12.5 Å². The van der Waals surface area contributed by atoms with E-state index in [9.17, 15) is 4.79 Å². The molecular formula is C15H26O2. The lowest BCUT2D eigenvalue weighted by Gasteiger charge is -2.30. The summed E-state index contributed by atoms with van der Waals surface area (Å²) in [5.74, 6) is 2.04.